The van der Waals surface area contributed by atoms with E-state index in [1.54, 1.807) is 75.4 Å². The van der Waals surface area contributed by atoms with Crippen molar-refractivity contribution in [3.05, 3.63) is 247 Å². The number of phenols is 3. The number of phenolic OH excluding ortho intramolecular Hbond substituents is 3. The van der Waals surface area contributed by atoms with Crippen LogP contribution in [0, 0.1) is 45.2 Å². The first-order valence-corrected chi connectivity index (χ1v) is 40.7. The number of fused-ring (bicyclic) bond motifs is 3. The number of benzene rings is 9. The SMILES string of the molecule is CCCCN1CC[C@H](Oc2ccc(Oc3c(C(=O)c4c(C)cc(F)cc4C)sc4cc(O)ccc34)cc2)C1.CCCCN1CC[C@H](Oc2ccc(Oc3c(C(=O)c4ccc(F)cc4C)sc4cc(O)ccc34)cc2)C1.CC[C@H]1CCN(CCOc2ccc(Oc3c(C(=O)c4ccccc4C)sc4cc(O)ccc34)cc2)C1. The molecule has 0 radical (unpaired) electrons. The number of ether oxygens (including phenoxy) is 6. The van der Waals surface area contributed by atoms with Gasteiger partial charge in [0.1, 0.15) is 96.8 Å². The summed E-state index contributed by atoms with van der Waals surface area (Å²) in [6.45, 7) is 24.0. The highest BCUT2D eigenvalue weighted by atomic mass is 32.1. The first kappa shape index (κ1) is 78.9. The van der Waals surface area contributed by atoms with Crippen molar-refractivity contribution < 1.29 is 66.9 Å². The van der Waals surface area contributed by atoms with Gasteiger partial charge in [0, 0.05) is 86.2 Å². The van der Waals surface area contributed by atoms with E-state index < -0.39 is 0 Å². The van der Waals surface area contributed by atoms with Gasteiger partial charge in [-0.25, -0.2) is 8.78 Å². The Morgan fingerprint density at radius 2 is 0.829 bits per heavy atom. The third kappa shape index (κ3) is 19.4. The Balaban J connectivity index is 0.000000146. The Labute approximate surface area is 658 Å². The second kappa shape index (κ2) is 36.3. The fourth-order valence-electron chi connectivity index (χ4n) is 14.5. The van der Waals surface area contributed by atoms with Crippen LogP contribution < -0.4 is 28.4 Å². The molecule has 0 unspecified atom stereocenters. The number of nitrogens with zero attached hydrogens (tertiary/aromatic N) is 3. The number of ketones is 3. The highest BCUT2D eigenvalue weighted by Crippen LogP contribution is 2.47. The summed E-state index contributed by atoms with van der Waals surface area (Å²) in [6, 6.07) is 51.8. The highest BCUT2D eigenvalue weighted by molar-refractivity contribution is 7.22. The van der Waals surface area contributed by atoms with Gasteiger partial charge < -0.3 is 43.7 Å². The van der Waals surface area contributed by atoms with Crippen LogP contribution in [-0.2, 0) is 0 Å². The molecule has 111 heavy (non-hydrogen) atoms. The maximum atomic E-state index is 13.9. The number of aromatic hydroxyl groups is 3. The number of hydrogen-bond donors (Lipinski definition) is 3. The lowest BCUT2D eigenvalue weighted by molar-refractivity contribution is 0.103. The van der Waals surface area contributed by atoms with Crippen LogP contribution >= 0.6 is 34.0 Å². The Bertz CT molecular complexity index is 5250. The van der Waals surface area contributed by atoms with E-state index in [9.17, 15) is 38.5 Å². The highest BCUT2D eigenvalue weighted by Gasteiger charge is 2.30. The number of unbranched alkanes of at least 4 members (excludes halogenated alkanes) is 2. The summed E-state index contributed by atoms with van der Waals surface area (Å²) < 4.78 is 67.0. The Kier molecular flexibility index (Phi) is 25.8. The molecule has 15 rings (SSSR count). The molecule has 0 bridgehead atoms. The molecule has 20 heteroatoms. The van der Waals surface area contributed by atoms with Crippen LogP contribution in [0.15, 0.2) is 182 Å². The van der Waals surface area contributed by atoms with Crippen molar-refractivity contribution in [2.24, 2.45) is 5.92 Å². The summed E-state index contributed by atoms with van der Waals surface area (Å²) in [6.07, 6.45) is 9.74. The van der Waals surface area contributed by atoms with E-state index in [1.165, 1.54) is 109 Å². The minimum absolute atomic E-state index is 0.0871. The van der Waals surface area contributed by atoms with Crippen LogP contribution in [0.4, 0.5) is 8.78 Å². The number of carbonyl (C=O) groups excluding carboxylic acids is 3. The van der Waals surface area contributed by atoms with Gasteiger partial charge in [0.05, 0.1) is 0 Å². The van der Waals surface area contributed by atoms with Crippen molar-refractivity contribution >= 4 is 81.6 Å². The third-order valence-electron chi connectivity index (χ3n) is 20.5. The molecule has 3 saturated heterocycles. The largest absolute Gasteiger partial charge is 0.508 e. The van der Waals surface area contributed by atoms with E-state index in [0.29, 0.717) is 89.1 Å². The first-order chi connectivity index (χ1) is 53.7. The molecule has 576 valence electrons. The molecule has 3 N–H and O–H groups in total. The van der Waals surface area contributed by atoms with Crippen LogP contribution in [0.2, 0.25) is 0 Å². The molecule has 3 aromatic heterocycles. The van der Waals surface area contributed by atoms with Crippen LogP contribution in [0.3, 0.4) is 0 Å². The minimum Gasteiger partial charge on any atom is -0.508 e. The van der Waals surface area contributed by atoms with Gasteiger partial charge in [-0.3, -0.25) is 29.1 Å². The zero-order valence-corrected chi connectivity index (χ0v) is 66.1. The average molecular weight is 1550 g/mol. The summed E-state index contributed by atoms with van der Waals surface area (Å²) in [5.41, 5.74) is 4.12. The van der Waals surface area contributed by atoms with Crippen molar-refractivity contribution in [3.8, 4) is 69.0 Å². The smallest absolute Gasteiger partial charge is 0.207 e. The average Bonchev–Trinajstić information content (AvgIpc) is 1.64. The zero-order valence-electron chi connectivity index (χ0n) is 63.6. The molecule has 3 aliphatic heterocycles. The molecule has 15 nitrogen and oxygen atoms in total. The third-order valence-corrected chi connectivity index (χ3v) is 23.9. The summed E-state index contributed by atoms with van der Waals surface area (Å²) in [7, 11) is 0. The fourth-order valence-corrected chi connectivity index (χ4v) is 17.8. The number of halogens is 2. The summed E-state index contributed by atoms with van der Waals surface area (Å²) in [4.78, 5) is 49.4. The standard InChI is InChI=1S/C31H32FNO4S.C30H30FNO4S.C30H31NO4S/c1-4-5-13-33-14-12-25(18-33)36-23-7-9-24(10-8-23)37-30-26-11-6-22(34)17-27(26)38-31(30)29(35)28-19(2)15-21(32)16-20(28)3;1-3-4-14-32-15-13-24(18-32)35-22-7-9-23(10-8-22)36-29-26-12-6-21(33)17-27(26)37-30(29)28(34)25-11-5-20(31)16-19(25)2;1-3-21-14-15-31(19-21)16-17-34-23-9-11-24(12-10-23)35-29-26-13-8-22(32)18-27(26)36-30(29)28(33)25-7-5-4-6-20(25)2/h6-11,15-17,25,34H,4-5,12-14,18H2,1-3H3;5-12,16-17,24,33H,3-4,13-15,18H2,1-2H3;4-13,18,21,32H,3,14-17,19H2,1-2H3/t25-;24-;21-/m000/s1. The first-order valence-electron chi connectivity index (χ1n) is 38.2. The molecule has 9 aromatic carbocycles. The number of rotatable bonds is 27. The van der Waals surface area contributed by atoms with Crippen molar-refractivity contribution in [3.63, 3.8) is 0 Å². The lowest BCUT2D eigenvalue weighted by atomic mass is 9.97. The molecule has 6 heterocycles. The van der Waals surface area contributed by atoms with Gasteiger partial charge >= 0.3 is 0 Å². The molecule has 3 fully saturated rings. The summed E-state index contributed by atoms with van der Waals surface area (Å²) in [5, 5.41) is 32.2. The van der Waals surface area contributed by atoms with E-state index in [1.807, 2.05) is 104 Å². The second-order valence-electron chi connectivity index (χ2n) is 28.8. The predicted molar refractivity (Wildman–Crippen MR) is 440 cm³/mol. The number of hydrogen-bond acceptors (Lipinski definition) is 18. The number of aryl methyl sites for hydroxylation is 4. The fraction of sp³-hybridized carbons (Fsp3) is 0.308. The topological polar surface area (TPSA) is 177 Å². The molecular formula is C91H93F2N3O12S3. The van der Waals surface area contributed by atoms with Gasteiger partial charge in [0.25, 0.3) is 0 Å². The molecule has 0 spiro atoms. The molecule has 0 saturated carbocycles. The van der Waals surface area contributed by atoms with E-state index in [0.717, 1.165) is 124 Å². The van der Waals surface area contributed by atoms with Crippen LogP contribution in [0.25, 0.3) is 30.3 Å². The molecule has 0 amide bonds. The molecule has 0 aliphatic carbocycles. The Hall–Kier alpha value is -10.2. The summed E-state index contributed by atoms with van der Waals surface area (Å²) >= 11 is 3.83. The monoisotopic (exact) mass is 1550 g/mol. The van der Waals surface area contributed by atoms with Crippen molar-refractivity contribution in [2.75, 3.05) is 65.5 Å². The Morgan fingerprint density at radius 3 is 1.26 bits per heavy atom. The normalized spacial score (nSPS) is 15.8. The van der Waals surface area contributed by atoms with Crippen molar-refractivity contribution in [1.82, 2.24) is 14.7 Å². The lowest BCUT2D eigenvalue weighted by Crippen LogP contribution is -2.26. The molecular weight excluding hydrogens is 1460 g/mol. The second-order valence-corrected chi connectivity index (χ2v) is 32.0. The van der Waals surface area contributed by atoms with E-state index in [2.05, 4.69) is 35.5 Å². The van der Waals surface area contributed by atoms with E-state index in [-0.39, 0.29) is 58.4 Å². The van der Waals surface area contributed by atoms with Gasteiger partial charge in [0.15, 0.2) is 17.2 Å². The van der Waals surface area contributed by atoms with Gasteiger partial charge in [-0.05, 0) is 265 Å². The predicted octanol–water partition coefficient (Wildman–Crippen LogP) is 22.0. The number of carbonyl (C=O) groups is 3. The quantitative estimate of drug-likeness (QED) is 0.0414. The molecule has 3 atom stereocenters. The van der Waals surface area contributed by atoms with E-state index in [4.69, 9.17) is 28.4 Å². The van der Waals surface area contributed by atoms with Crippen molar-refractivity contribution in [2.45, 2.75) is 112 Å². The lowest BCUT2D eigenvalue weighted by Gasteiger charge is -2.17. The van der Waals surface area contributed by atoms with Crippen molar-refractivity contribution in [1.29, 1.82) is 0 Å². The van der Waals surface area contributed by atoms with E-state index >= 15 is 0 Å². The van der Waals surface area contributed by atoms with Crippen LogP contribution in [-0.4, -0.2) is 125 Å². The van der Waals surface area contributed by atoms with Gasteiger partial charge in [0.2, 0.25) is 17.3 Å². The summed E-state index contributed by atoms with van der Waals surface area (Å²) in [5.74, 6) is 5.36. The Morgan fingerprint density at radius 1 is 0.423 bits per heavy atom. The van der Waals surface area contributed by atoms with Crippen LogP contribution in [0.1, 0.15) is 140 Å². The van der Waals surface area contributed by atoms with Crippen LogP contribution in [0.5, 0.6) is 69.0 Å². The minimum atomic E-state index is -0.389. The van der Waals surface area contributed by atoms with Gasteiger partial charge in [-0.1, -0.05) is 64.3 Å². The number of thiophene rings is 3. The molecule has 3 aliphatic rings. The van der Waals surface area contributed by atoms with Gasteiger partial charge in [-0.2, -0.15) is 0 Å². The van der Waals surface area contributed by atoms with Gasteiger partial charge in [-0.15, -0.1) is 34.0 Å². The molecule has 12 aromatic rings. The zero-order chi connectivity index (χ0) is 77.8. The maximum Gasteiger partial charge on any atom is 0.207 e. The maximum absolute atomic E-state index is 13.9. The number of likely N-dealkylation sites (tertiary alicyclic amines) is 3.